The van der Waals surface area contributed by atoms with Gasteiger partial charge in [-0.2, -0.15) is 0 Å². The fourth-order valence-electron chi connectivity index (χ4n) is 2.68. The monoisotopic (exact) mass is 354 g/mol. The van der Waals surface area contributed by atoms with E-state index < -0.39 is 42.7 Å². The van der Waals surface area contributed by atoms with Crippen LogP contribution in [0, 0.1) is 0 Å². The van der Waals surface area contributed by atoms with E-state index in [-0.39, 0.29) is 13.2 Å². The molecule has 0 unspecified atom stereocenters. The van der Waals surface area contributed by atoms with E-state index in [2.05, 4.69) is 0 Å². The highest BCUT2D eigenvalue weighted by Gasteiger charge is 2.36. The van der Waals surface area contributed by atoms with Crippen LogP contribution >= 0.6 is 0 Å². The standard InChI is InChI=1S/C16H22N2O7/c1-17(6-11(20)14(23)15(24)12(21)7-19)8-18-10-5-3-2-4-9(10)13(22)16(18)25/h2-5,11-12,14-15,19-21,23-24H,6-8H2,1H3/t11-,12-,14+,15-/m1/s1. The Kier molecular flexibility index (Phi) is 6.22. The summed E-state index contributed by atoms with van der Waals surface area (Å²) in [6, 6.07) is 6.55. The number of aliphatic hydroxyl groups excluding tert-OH is 5. The number of benzene rings is 1. The van der Waals surface area contributed by atoms with Gasteiger partial charge in [-0.05, 0) is 19.2 Å². The molecule has 4 atom stereocenters. The van der Waals surface area contributed by atoms with Gasteiger partial charge in [0.15, 0.2) is 0 Å². The lowest BCUT2D eigenvalue weighted by Gasteiger charge is -2.30. The molecule has 1 aromatic rings. The summed E-state index contributed by atoms with van der Waals surface area (Å²) < 4.78 is 0. The molecule has 0 fully saturated rings. The van der Waals surface area contributed by atoms with Crippen LogP contribution in [0.2, 0.25) is 0 Å². The summed E-state index contributed by atoms with van der Waals surface area (Å²) in [5.41, 5.74) is 0.776. The molecule has 0 aliphatic carbocycles. The first-order chi connectivity index (χ1) is 11.8. The van der Waals surface area contributed by atoms with E-state index in [0.29, 0.717) is 11.3 Å². The molecule has 138 valence electrons. The van der Waals surface area contributed by atoms with Gasteiger partial charge in [-0.15, -0.1) is 0 Å². The molecule has 1 heterocycles. The van der Waals surface area contributed by atoms with Crippen LogP contribution < -0.4 is 4.90 Å². The lowest BCUT2D eigenvalue weighted by molar-refractivity contribution is -0.119. The topological polar surface area (TPSA) is 142 Å². The van der Waals surface area contributed by atoms with Crippen LogP contribution in [0.4, 0.5) is 5.69 Å². The quantitative estimate of drug-likeness (QED) is 0.324. The first-order valence-electron chi connectivity index (χ1n) is 7.74. The first kappa shape index (κ1) is 19.4. The molecule has 1 aliphatic heterocycles. The van der Waals surface area contributed by atoms with Crippen molar-refractivity contribution in [2.24, 2.45) is 0 Å². The van der Waals surface area contributed by atoms with Gasteiger partial charge in [-0.1, -0.05) is 12.1 Å². The maximum Gasteiger partial charge on any atom is 0.300 e. The second kappa shape index (κ2) is 8.00. The third-order valence-corrected chi connectivity index (χ3v) is 4.09. The van der Waals surface area contributed by atoms with Gasteiger partial charge in [-0.3, -0.25) is 19.4 Å². The Morgan fingerprint density at radius 3 is 2.28 bits per heavy atom. The van der Waals surface area contributed by atoms with Crippen molar-refractivity contribution in [2.75, 3.05) is 31.8 Å². The molecule has 0 bridgehead atoms. The minimum absolute atomic E-state index is 0.00991. The number of ketones is 1. The predicted octanol–water partition coefficient (Wildman–Crippen LogP) is -2.46. The number of hydrogen-bond acceptors (Lipinski definition) is 8. The smallest absolute Gasteiger partial charge is 0.300 e. The van der Waals surface area contributed by atoms with Gasteiger partial charge in [0.1, 0.15) is 18.3 Å². The highest BCUT2D eigenvalue weighted by Crippen LogP contribution is 2.28. The minimum atomic E-state index is -1.72. The number of nitrogens with zero attached hydrogens (tertiary/aromatic N) is 2. The van der Waals surface area contributed by atoms with Gasteiger partial charge >= 0.3 is 5.91 Å². The molecule has 1 aliphatic rings. The molecule has 0 saturated carbocycles. The number of likely N-dealkylation sites (N-methyl/N-ethyl adjacent to an activating group) is 1. The van der Waals surface area contributed by atoms with Crippen LogP contribution in [0.1, 0.15) is 10.4 Å². The number of para-hydroxylation sites is 1. The second-order valence-corrected chi connectivity index (χ2v) is 6.06. The van der Waals surface area contributed by atoms with Crippen LogP contribution in [-0.2, 0) is 4.79 Å². The van der Waals surface area contributed by atoms with Gasteiger partial charge in [0, 0.05) is 6.54 Å². The van der Waals surface area contributed by atoms with Crippen LogP contribution in [0.25, 0.3) is 0 Å². The van der Waals surface area contributed by atoms with Crippen molar-refractivity contribution in [2.45, 2.75) is 24.4 Å². The molecule has 0 radical (unpaired) electrons. The van der Waals surface area contributed by atoms with Crippen molar-refractivity contribution in [1.82, 2.24) is 4.90 Å². The van der Waals surface area contributed by atoms with Crippen molar-refractivity contribution in [3.8, 4) is 0 Å². The Bertz CT molecular complexity index is 639. The summed E-state index contributed by atoms with van der Waals surface area (Å²) in [7, 11) is 1.56. The third kappa shape index (κ3) is 4.03. The van der Waals surface area contributed by atoms with Gasteiger partial charge < -0.3 is 25.5 Å². The fraction of sp³-hybridized carbons (Fsp3) is 0.500. The highest BCUT2D eigenvalue weighted by molar-refractivity contribution is 6.52. The molecule has 25 heavy (non-hydrogen) atoms. The van der Waals surface area contributed by atoms with Crippen molar-refractivity contribution in [3.05, 3.63) is 29.8 Å². The molecule has 0 spiro atoms. The van der Waals surface area contributed by atoms with Crippen LogP contribution in [-0.4, -0.2) is 93.4 Å². The average Bonchev–Trinajstić information content (AvgIpc) is 2.84. The zero-order chi connectivity index (χ0) is 18.7. The van der Waals surface area contributed by atoms with Crippen molar-refractivity contribution in [3.63, 3.8) is 0 Å². The van der Waals surface area contributed by atoms with E-state index in [1.54, 1.807) is 31.3 Å². The number of anilines is 1. The lowest BCUT2D eigenvalue weighted by atomic mass is 10.0. The SMILES string of the molecule is CN(C[C@@H](O)[C@H](O)[C@H](O)[C@H](O)CO)CN1C(=O)C(=O)c2ccccc21. The Morgan fingerprint density at radius 1 is 1.04 bits per heavy atom. The number of hydrogen-bond donors (Lipinski definition) is 5. The third-order valence-electron chi connectivity index (χ3n) is 4.09. The molecular weight excluding hydrogens is 332 g/mol. The Balaban J connectivity index is 2.00. The summed E-state index contributed by atoms with van der Waals surface area (Å²) in [4.78, 5) is 26.8. The van der Waals surface area contributed by atoms with E-state index in [1.165, 1.54) is 9.80 Å². The number of rotatable bonds is 8. The molecule has 0 aromatic heterocycles. The van der Waals surface area contributed by atoms with Gasteiger partial charge in [0.05, 0.1) is 30.6 Å². The second-order valence-electron chi connectivity index (χ2n) is 6.06. The number of amides is 1. The zero-order valence-corrected chi connectivity index (χ0v) is 13.7. The fourth-order valence-corrected chi connectivity index (χ4v) is 2.68. The number of Topliss-reactive ketones (excluding diaryl/α,β-unsaturated/α-hetero) is 1. The zero-order valence-electron chi connectivity index (χ0n) is 13.7. The molecular formula is C16H22N2O7. The predicted molar refractivity (Wildman–Crippen MR) is 86.9 cm³/mol. The number of carbonyl (C=O) groups excluding carboxylic acids is 2. The van der Waals surface area contributed by atoms with Crippen LogP contribution in [0.3, 0.4) is 0 Å². The molecule has 1 aromatic carbocycles. The maximum atomic E-state index is 12.1. The van der Waals surface area contributed by atoms with Crippen LogP contribution in [0.15, 0.2) is 24.3 Å². The molecule has 0 saturated heterocycles. The van der Waals surface area contributed by atoms with E-state index in [4.69, 9.17) is 5.11 Å². The highest BCUT2D eigenvalue weighted by atomic mass is 16.4. The van der Waals surface area contributed by atoms with Gasteiger partial charge in [0.25, 0.3) is 5.78 Å². The van der Waals surface area contributed by atoms with Gasteiger partial charge in [0.2, 0.25) is 0 Å². The Hall–Kier alpha value is -1.88. The Labute approximate surface area is 144 Å². The Morgan fingerprint density at radius 2 is 1.64 bits per heavy atom. The number of carbonyl (C=O) groups is 2. The van der Waals surface area contributed by atoms with E-state index >= 15 is 0 Å². The summed E-state index contributed by atoms with van der Waals surface area (Å²) in [5.74, 6) is -1.29. The van der Waals surface area contributed by atoms with Crippen molar-refractivity contribution >= 4 is 17.4 Å². The van der Waals surface area contributed by atoms with Crippen LogP contribution in [0.5, 0.6) is 0 Å². The largest absolute Gasteiger partial charge is 0.394 e. The molecule has 9 nitrogen and oxygen atoms in total. The molecule has 2 rings (SSSR count). The molecule has 1 amide bonds. The summed E-state index contributed by atoms with van der Waals surface area (Å²) in [6.45, 7) is -0.914. The normalized spacial score (nSPS) is 19.1. The van der Waals surface area contributed by atoms with E-state index in [1.807, 2.05) is 0 Å². The van der Waals surface area contributed by atoms with E-state index in [0.717, 1.165) is 0 Å². The first-order valence-corrected chi connectivity index (χ1v) is 7.74. The minimum Gasteiger partial charge on any atom is -0.394 e. The van der Waals surface area contributed by atoms with Crippen molar-refractivity contribution < 1.29 is 35.1 Å². The number of fused-ring (bicyclic) bond motifs is 1. The molecule has 5 N–H and O–H groups in total. The lowest BCUT2D eigenvalue weighted by Crippen LogP contribution is -2.50. The average molecular weight is 354 g/mol. The summed E-state index contributed by atoms with van der Waals surface area (Å²) in [6.07, 6.45) is -6.43. The summed E-state index contributed by atoms with van der Waals surface area (Å²) in [5, 5.41) is 47.5. The maximum absolute atomic E-state index is 12.1. The van der Waals surface area contributed by atoms with Crippen molar-refractivity contribution in [1.29, 1.82) is 0 Å². The summed E-state index contributed by atoms with van der Waals surface area (Å²) >= 11 is 0. The van der Waals surface area contributed by atoms with E-state index in [9.17, 15) is 30.0 Å². The molecule has 9 heteroatoms. The van der Waals surface area contributed by atoms with Gasteiger partial charge in [-0.25, -0.2) is 0 Å². The number of aliphatic hydroxyl groups is 5.